The topological polar surface area (TPSA) is 0 Å². The first-order chi connectivity index (χ1) is 28.7. The van der Waals surface area contributed by atoms with E-state index < -0.39 is 48.3 Å². The highest BCUT2D eigenvalue weighted by atomic mass is 14.2. The zero-order chi connectivity index (χ0) is 42.6. The average molecular weight is 597 g/mol. The fourth-order valence-electron chi connectivity index (χ4n) is 6.20. The fourth-order valence-corrected chi connectivity index (χ4v) is 6.20. The first kappa shape index (κ1) is 15.8. The molecule has 0 amide bonds. The van der Waals surface area contributed by atoms with Gasteiger partial charge in [0.15, 0.2) is 0 Å². The Bertz CT molecular complexity index is 3340. The van der Waals surface area contributed by atoms with Gasteiger partial charge in [0, 0.05) is 0 Å². The monoisotopic (exact) mass is 596 g/mol. The second-order valence-corrected chi connectivity index (χ2v) is 11.0. The third-order valence-electron chi connectivity index (χ3n) is 8.33. The summed E-state index contributed by atoms with van der Waals surface area (Å²) >= 11 is 0. The molecular formula is C46H30. The lowest BCUT2D eigenvalue weighted by molar-refractivity contribution is 1.62. The van der Waals surface area contributed by atoms with Crippen LogP contribution in [0.25, 0.3) is 87.6 Å². The van der Waals surface area contributed by atoms with Crippen LogP contribution in [-0.2, 0) is 0 Å². The first-order valence-electron chi connectivity index (χ1n) is 21.8. The number of hydrogen-bond acceptors (Lipinski definition) is 0. The van der Waals surface area contributed by atoms with E-state index in [1.54, 1.807) is 54.6 Å². The lowest BCUT2D eigenvalue weighted by atomic mass is 9.83. The fraction of sp³-hybridized carbons (Fsp3) is 0. The molecule has 0 fully saturated rings. The van der Waals surface area contributed by atoms with E-state index in [2.05, 4.69) is 0 Å². The maximum absolute atomic E-state index is 9.90. The molecular weight excluding hydrogens is 553 g/mol. The van der Waals surface area contributed by atoms with Crippen molar-refractivity contribution in [2.24, 2.45) is 0 Å². The summed E-state index contributed by atoms with van der Waals surface area (Å²) < 4.78 is 126. The summed E-state index contributed by atoms with van der Waals surface area (Å²) in [5.74, 6) is 0. The summed E-state index contributed by atoms with van der Waals surface area (Å²) in [5, 5.41) is 1.68. The largest absolute Gasteiger partial charge is 0.0636 e. The molecule has 0 saturated heterocycles. The molecule has 0 bridgehead atoms. The van der Waals surface area contributed by atoms with Crippen LogP contribution in [0.5, 0.6) is 0 Å². The molecule has 0 spiro atoms. The van der Waals surface area contributed by atoms with Crippen LogP contribution in [0.1, 0.15) is 19.2 Å². The minimum atomic E-state index is -0.571. The molecule has 0 N–H and O–H groups in total. The van der Waals surface area contributed by atoms with Gasteiger partial charge in [0.25, 0.3) is 0 Å². The molecule has 0 unspecified atom stereocenters. The van der Waals surface area contributed by atoms with E-state index in [0.717, 1.165) is 10.8 Å². The van der Waals surface area contributed by atoms with Crippen LogP contribution in [-0.4, -0.2) is 0 Å². The van der Waals surface area contributed by atoms with Crippen LogP contribution >= 0.6 is 0 Å². The molecule has 0 heterocycles. The molecule has 0 aliphatic heterocycles. The predicted octanol–water partition coefficient (Wildman–Crippen LogP) is 13.0. The smallest absolute Gasteiger partial charge is 0.0622 e. The van der Waals surface area contributed by atoms with Gasteiger partial charge in [-0.1, -0.05) is 170 Å². The van der Waals surface area contributed by atoms with Crippen molar-refractivity contribution in [1.29, 1.82) is 0 Å². The maximum Gasteiger partial charge on any atom is 0.0636 e. The molecule has 0 aliphatic rings. The molecule has 0 aliphatic carbocycles. The van der Waals surface area contributed by atoms with Crippen molar-refractivity contribution < 1.29 is 19.2 Å². The van der Waals surface area contributed by atoms with Gasteiger partial charge in [0.05, 0.1) is 19.2 Å². The normalized spacial score (nSPS) is 15.7. The first-order valence-corrected chi connectivity index (χ1v) is 14.8. The van der Waals surface area contributed by atoms with Gasteiger partial charge in [-0.3, -0.25) is 0 Å². The quantitative estimate of drug-likeness (QED) is 0.177. The van der Waals surface area contributed by atoms with Crippen molar-refractivity contribution in [3.05, 3.63) is 182 Å². The molecule has 46 heavy (non-hydrogen) atoms. The van der Waals surface area contributed by atoms with E-state index >= 15 is 0 Å². The van der Waals surface area contributed by atoms with E-state index in [4.69, 9.17) is 12.3 Å². The maximum atomic E-state index is 9.90. The number of rotatable bonds is 4. The van der Waals surface area contributed by atoms with Crippen LogP contribution in [0, 0.1) is 0 Å². The molecule has 214 valence electrons. The molecule has 9 aromatic carbocycles. The minimum Gasteiger partial charge on any atom is -0.0622 e. The SMILES string of the molecule is [2H]c1c([2H])c([2H])c2c([2H])c(-c3ccc(-c4c5c([2H])c([2H])c([2H])c([2H])c5c(-c5cccc6ccccc56)c5c([2H])c([2H])c(-c6ccccc6)c([2H])c45)cc3)c([2H])c([2H])c2c1[2H]. The lowest BCUT2D eigenvalue weighted by Gasteiger charge is -2.20. The van der Waals surface area contributed by atoms with E-state index in [1.165, 1.54) is 0 Å². The van der Waals surface area contributed by atoms with Gasteiger partial charge < -0.3 is 0 Å². The van der Waals surface area contributed by atoms with Crippen molar-refractivity contribution in [3.8, 4) is 44.5 Å². The average Bonchev–Trinajstić information content (AvgIpc) is 3.26. The van der Waals surface area contributed by atoms with Gasteiger partial charge in [0.2, 0.25) is 0 Å². The third-order valence-corrected chi connectivity index (χ3v) is 8.33. The van der Waals surface area contributed by atoms with Crippen molar-refractivity contribution >= 4 is 43.1 Å². The van der Waals surface area contributed by atoms with E-state index in [9.17, 15) is 6.85 Å². The zero-order valence-electron chi connectivity index (χ0n) is 38.2. The van der Waals surface area contributed by atoms with Gasteiger partial charge in [0.1, 0.15) is 0 Å². The van der Waals surface area contributed by atoms with Gasteiger partial charge in [-0.15, -0.1) is 0 Å². The van der Waals surface area contributed by atoms with Crippen LogP contribution < -0.4 is 0 Å². The molecule has 0 atom stereocenters. The standard InChI is InChI=1S/C46H30/c1-2-11-31(12-3-1)38-27-28-43-44(30-38)45(35-24-21-33(22-25-35)37-26-23-32-13-4-5-15-36(32)29-37)41-18-8-9-19-42(41)46(43)40-20-10-16-34-14-6-7-17-39(34)40/h1-30H/i4D,5D,8D,9D,13D,15D,18D,19D,23D,26D,27D,28D,29D,30D. The number of fused-ring (bicyclic) bond motifs is 4. The Morgan fingerprint density at radius 3 is 1.76 bits per heavy atom. The van der Waals surface area contributed by atoms with Crippen molar-refractivity contribution in [3.63, 3.8) is 0 Å². The minimum absolute atomic E-state index is 0.0492. The predicted molar refractivity (Wildman–Crippen MR) is 198 cm³/mol. The number of hydrogen-bond donors (Lipinski definition) is 0. The van der Waals surface area contributed by atoms with Crippen molar-refractivity contribution in [2.45, 2.75) is 0 Å². The van der Waals surface area contributed by atoms with Gasteiger partial charge in [-0.2, -0.15) is 0 Å². The zero-order valence-corrected chi connectivity index (χ0v) is 24.2. The summed E-state index contributed by atoms with van der Waals surface area (Å²) in [5.41, 5.74) is 2.31. The molecule has 0 radical (unpaired) electrons. The van der Waals surface area contributed by atoms with Crippen LogP contribution in [0.2, 0.25) is 0 Å². The second-order valence-electron chi connectivity index (χ2n) is 11.0. The van der Waals surface area contributed by atoms with E-state index in [-0.39, 0.29) is 96.4 Å². The lowest BCUT2D eigenvalue weighted by Crippen LogP contribution is -1.92. The Morgan fingerprint density at radius 2 is 0.913 bits per heavy atom. The molecule has 9 aromatic rings. The number of benzene rings is 9. The third kappa shape index (κ3) is 4.38. The Balaban J connectivity index is 1.45. The highest BCUT2D eigenvalue weighted by Gasteiger charge is 2.19. The molecule has 0 saturated carbocycles. The Morgan fingerprint density at radius 1 is 0.304 bits per heavy atom. The molecule has 0 heteroatoms. The Hall–Kier alpha value is -5.98. The van der Waals surface area contributed by atoms with Crippen LogP contribution in [0.3, 0.4) is 0 Å². The highest BCUT2D eigenvalue weighted by Crippen LogP contribution is 2.46. The summed E-state index contributed by atoms with van der Waals surface area (Å²) in [6.45, 7) is 0. The molecule has 0 nitrogen and oxygen atoms in total. The molecule has 0 aromatic heterocycles. The highest BCUT2D eigenvalue weighted by molar-refractivity contribution is 6.24. The molecule has 9 rings (SSSR count). The van der Waals surface area contributed by atoms with Gasteiger partial charge in [-0.25, -0.2) is 0 Å². The summed E-state index contributed by atoms with van der Waals surface area (Å²) in [6.07, 6.45) is 0. The summed E-state index contributed by atoms with van der Waals surface area (Å²) in [6, 6.07) is 22.5. The van der Waals surface area contributed by atoms with Crippen LogP contribution in [0.4, 0.5) is 0 Å². The van der Waals surface area contributed by atoms with E-state index in [0.29, 0.717) is 16.7 Å². The van der Waals surface area contributed by atoms with Crippen LogP contribution in [0.15, 0.2) is 182 Å². The van der Waals surface area contributed by atoms with Crippen molar-refractivity contribution in [2.75, 3.05) is 0 Å². The van der Waals surface area contributed by atoms with Crippen molar-refractivity contribution in [1.82, 2.24) is 0 Å². The summed E-state index contributed by atoms with van der Waals surface area (Å²) in [7, 11) is 0. The Kier molecular flexibility index (Phi) is 3.74. The summed E-state index contributed by atoms with van der Waals surface area (Å²) in [4.78, 5) is 0. The Labute approximate surface area is 288 Å². The van der Waals surface area contributed by atoms with Gasteiger partial charge >= 0.3 is 0 Å². The second kappa shape index (κ2) is 10.9. The van der Waals surface area contributed by atoms with Gasteiger partial charge in [-0.05, 0) is 99.7 Å². The van der Waals surface area contributed by atoms with E-state index in [1.807, 2.05) is 42.5 Å².